The quantitative estimate of drug-likeness (QED) is 0.305. The molecule has 0 spiro atoms. The second-order valence-corrected chi connectivity index (χ2v) is 8.15. The molecule has 5 rings (SSSR count). The molecule has 166 valence electrons. The van der Waals surface area contributed by atoms with Gasteiger partial charge in [-0.3, -0.25) is 9.78 Å². The molecule has 4 aromatic carbocycles. The van der Waals surface area contributed by atoms with Crippen molar-refractivity contribution in [2.24, 2.45) is 0 Å². The molecule has 0 bridgehead atoms. The highest BCUT2D eigenvalue weighted by Gasteiger charge is 2.18. The summed E-state index contributed by atoms with van der Waals surface area (Å²) in [5.74, 6) is 0.449. The lowest BCUT2D eigenvalue weighted by molar-refractivity contribution is 0.102. The van der Waals surface area contributed by atoms with Crippen LogP contribution in [0.2, 0.25) is 0 Å². The Labute approximate surface area is 198 Å². The number of aryl methyl sites for hydroxylation is 1. The van der Waals surface area contributed by atoms with Crippen LogP contribution in [0.1, 0.15) is 21.6 Å². The number of ether oxygens (including phenoxy) is 1. The molecule has 1 amide bonds. The second-order valence-electron chi connectivity index (χ2n) is 8.15. The van der Waals surface area contributed by atoms with Gasteiger partial charge in [-0.1, -0.05) is 90.5 Å². The molecule has 0 aliphatic rings. The maximum Gasteiger partial charge on any atom is 0.274 e. The molecule has 1 heterocycles. The van der Waals surface area contributed by atoms with Crippen LogP contribution in [-0.2, 0) is 6.61 Å². The molecule has 0 radical (unpaired) electrons. The summed E-state index contributed by atoms with van der Waals surface area (Å²) in [4.78, 5) is 17.3. The van der Waals surface area contributed by atoms with E-state index >= 15 is 0 Å². The fourth-order valence-corrected chi connectivity index (χ4v) is 4.01. The third-order valence-electron chi connectivity index (χ3n) is 5.73. The van der Waals surface area contributed by atoms with Gasteiger partial charge in [0.25, 0.3) is 5.91 Å². The smallest absolute Gasteiger partial charge is 0.274 e. The van der Waals surface area contributed by atoms with Gasteiger partial charge in [-0.15, -0.1) is 0 Å². The van der Waals surface area contributed by atoms with E-state index in [-0.39, 0.29) is 5.91 Å². The Balaban J connectivity index is 1.64. The molecule has 0 atom stereocenters. The van der Waals surface area contributed by atoms with Crippen molar-refractivity contribution >= 4 is 22.4 Å². The molecule has 0 unspecified atom stereocenters. The van der Waals surface area contributed by atoms with Crippen molar-refractivity contribution in [3.8, 4) is 16.9 Å². The molecule has 34 heavy (non-hydrogen) atoms. The zero-order valence-electron chi connectivity index (χ0n) is 18.9. The third kappa shape index (κ3) is 4.52. The van der Waals surface area contributed by atoms with E-state index in [1.165, 1.54) is 5.56 Å². The van der Waals surface area contributed by atoms with E-state index in [9.17, 15) is 4.79 Å². The number of fused-ring (bicyclic) bond motifs is 1. The van der Waals surface area contributed by atoms with Gasteiger partial charge in [0.1, 0.15) is 18.1 Å². The first-order valence-corrected chi connectivity index (χ1v) is 11.2. The molecular formula is C30H24N2O2. The summed E-state index contributed by atoms with van der Waals surface area (Å²) in [6.07, 6.45) is 1.62. The van der Waals surface area contributed by atoms with Crippen molar-refractivity contribution in [2.75, 3.05) is 5.32 Å². The molecule has 0 aliphatic heterocycles. The largest absolute Gasteiger partial charge is 0.488 e. The first kappa shape index (κ1) is 21.4. The van der Waals surface area contributed by atoms with Gasteiger partial charge in [-0.2, -0.15) is 0 Å². The van der Waals surface area contributed by atoms with Crippen LogP contribution in [0.3, 0.4) is 0 Å². The van der Waals surface area contributed by atoms with Crippen LogP contribution in [-0.4, -0.2) is 10.9 Å². The number of carbonyl (C=O) groups excluding carboxylic acids is 1. The summed E-state index contributed by atoms with van der Waals surface area (Å²) >= 11 is 0. The van der Waals surface area contributed by atoms with Gasteiger partial charge in [0.05, 0.1) is 5.69 Å². The van der Waals surface area contributed by atoms with E-state index in [0.717, 1.165) is 27.5 Å². The van der Waals surface area contributed by atoms with Gasteiger partial charge in [-0.25, -0.2) is 0 Å². The zero-order valence-corrected chi connectivity index (χ0v) is 18.9. The van der Waals surface area contributed by atoms with Crippen LogP contribution in [0.15, 0.2) is 109 Å². The first-order chi connectivity index (χ1) is 16.7. The van der Waals surface area contributed by atoms with Crippen molar-refractivity contribution in [1.29, 1.82) is 0 Å². The monoisotopic (exact) mass is 444 g/mol. The first-order valence-electron chi connectivity index (χ1n) is 11.2. The van der Waals surface area contributed by atoms with E-state index in [1.807, 2.05) is 48.5 Å². The average Bonchev–Trinajstić information content (AvgIpc) is 2.89. The standard InChI is InChI=1S/C30H24N2O2/c1-21-14-16-23(17-15-21)29-25-12-6-5-11-24(25)28(34-20-22-9-3-2-4-10-22)19-27(29)32-30(33)26-13-7-8-18-31-26/h2-19H,20H2,1H3,(H,32,33). The summed E-state index contributed by atoms with van der Waals surface area (Å²) in [5, 5.41) is 5.09. The number of rotatable bonds is 6. The molecule has 4 heteroatoms. The summed E-state index contributed by atoms with van der Waals surface area (Å²) < 4.78 is 6.28. The number of pyridine rings is 1. The van der Waals surface area contributed by atoms with E-state index in [0.29, 0.717) is 23.7 Å². The Morgan fingerprint density at radius 1 is 0.824 bits per heavy atom. The Kier molecular flexibility index (Phi) is 6.04. The lowest BCUT2D eigenvalue weighted by atomic mass is 9.95. The van der Waals surface area contributed by atoms with Gasteiger partial charge < -0.3 is 10.1 Å². The van der Waals surface area contributed by atoms with Crippen molar-refractivity contribution < 1.29 is 9.53 Å². The van der Waals surface area contributed by atoms with E-state index in [1.54, 1.807) is 24.4 Å². The number of nitrogens with one attached hydrogen (secondary N) is 1. The van der Waals surface area contributed by atoms with Gasteiger partial charge in [0.2, 0.25) is 0 Å². The minimum atomic E-state index is -0.266. The lowest BCUT2D eigenvalue weighted by Gasteiger charge is -2.18. The highest BCUT2D eigenvalue weighted by Crippen LogP contribution is 2.41. The number of aromatic nitrogens is 1. The Bertz CT molecular complexity index is 1430. The zero-order chi connectivity index (χ0) is 23.3. The van der Waals surface area contributed by atoms with Crippen molar-refractivity contribution in [1.82, 2.24) is 4.98 Å². The lowest BCUT2D eigenvalue weighted by Crippen LogP contribution is -2.14. The molecule has 1 N–H and O–H groups in total. The Morgan fingerprint density at radius 2 is 1.53 bits per heavy atom. The summed E-state index contributed by atoms with van der Waals surface area (Å²) in [5.41, 5.74) is 5.27. The van der Waals surface area contributed by atoms with Crippen molar-refractivity contribution in [2.45, 2.75) is 13.5 Å². The minimum Gasteiger partial charge on any atom is -0.488 e. The number of hydrogen-bond donors (Lipinski definition) is 1. The van der Waals surface area contributed by atoms with Crippen molar-refractivity contribution in [3.63, 3.8) is 0 Å². The molecule has 0 saturated heterocycles. The fraction of sp³-hybridized carbons (Fsp3) is 0.0667. The molecule has 0 fully saturated rings. The van der Waals surface area contributed by atoms with Gasteiger partial charge in [0, 0.05) is 23.2 Å². The minimum absolute atomic E-state index is 0.266. The SMILES string of the molecule is Cc1ccc(-c2c(NC(=O)c3ccccn3)cc(OCc3ccccc3)c3ccccc23)cc1. The van der Waals surface area contributed by atoms with Crippen LogP contribution < -0.4 is 10.1 Å². The molecule has 1 aromatic heterocycles. The maximum atomic E-state index is 13.1. The number of nitrogens with zero attached hydrogens (tertiary/aromatic N) is 1. The fourth-order valence-electron chi connectivity index (χ4n) is 4.01. The molecule has 0 aliphatic carbocycles. The van der Waals surface area contributed by atoms with Gasteiger partial charge >= 0.3 is 0 Å². The molecular weight excluding hydrogens is 420 g/mol. The second kappa shape index (κ2) is 9.59. The number of benzene rings is 4. The molecule has 5 aromatic rings. The molecule has 0 saturated carbocycles. The van der Waals surface area contributed by atoms with Crippen LogP contribution in [0.5, 0.6) is 5.75 Å². The predicted octanol–water partition coefficient (Wildman–Crippen LogP) is 7.04. The number of anilines is 1. The van der Waals surface area contributed by atoms with Crippen LogP contribution in [0.25, 0.3) is 21.9 Å². The van der Waals surface area contributed by atoms with Crippen molar-refractivity contribution in [3.05, 3.63) is 126 Å². The Morgan fingerprint density at radius 3 is 2.26 bits per heavy atom. The summed E-state index contributed by atoms with van der Waals surface area (Å²) in [6.45, 7) is 2.49. The molecule has 4 nitrogen and oxygen atoms in total. The summed E-state index contributed by atoms with van der Waals surface area (Å²) in [7, 11) is 0. The maximum absolute atomic E-state index is 13.1. The highest BCUT2D eigenvalue weighted by atomic mass is 16.5. The summed E-state index contributed by atoms with van der Waals surface area (Å²) in [6, 6.07) is 33.7. The van der Waals surface area contributed by atoms with Gasteiger partial charge in [-0.05, 0) is 35.6 Å². The number of amides is 1. The topological polar surface area (TPSA) is 51.2 Å². The van der Waals surface area contributed by atoms with E-state index in [4.69, 9.17) is 4.74 Å². The van der Waals surface area contributed by atoms with E-state index in [2.05, 4.69) is 53.6 Å². The van der Waals surface area contributed by atoms with Crippen LogP contribution in [0.4, 0.5) is 5.69 Å². The number of carbonyl (C=O) groups is 1. The average molecular weight is 445 g/mol. The van der Waals surface area contributed by atoms with E-state index < -0.39 is 0 Å². The normalized spacial score (nSPS) is 10.7. The third-order valence-corrected chi connectivity index (χ3v) is 5.73. The Hall–Kier alpha value is -4.44. The number of hydrogen-bond acceptors (Lipinski definition) is 3. The predicted molar refractivity (Wildman–Crippen MR) is 137 cm³/mol. The highest BCUT2D eigenvalue weighted by molar-refractivity contribution is 6.11. The van der Waals surface area contributed by atoms with Crippen LogP contribution >= 0.6 is 0 Å². The van der Waals surface area contributed by atoms with Gasteiger partial charge in [0.15, 0.2) is 0 Å². The van der Waals surface area contributed by atoms with Crippen LogP contribution in [0, 0.1) is 6.92 Å².